The highest BCUT2D eigenvalue weighted by molar-refractivity contribution is 5.57. The van der Waals surface area contributed by atoms with Crippen LogP contribution in [0.25, 0.3) is 0 Å². The van der Waals surface area contributed by atoms with Crippen molar-refractivity contribution in [2.75, 3.05) is 39.1 Å². The second kappa shape index (κ2) is 15.4. The Morgan fingerprint density at radius 1 is 1.28 bits per heavy atom. The van der Waals surface area contributed by atoms with Gasteiger partial charge in [-0.2, -0.15) is 0 Å². The van der Waals surface area contributed by atoms with Crippen LogP contribution < -0.4 is 11.1 Å². The Labute approximate surface area is 196 Å². The van der Waals surface area contributed by atoms with Gasteiger partial charge in [-0.25, -0.2) is 0 Å². The van der Waals surface area contributed by atoms with Gasteiger partial charge in [0, 0.05) is 31.1 Å². The molecule has 32 heavy (non-hydrogen) atoms. The van der Waals surface area contributed by atoms with Crippen LogP contribution in [0, 0.1) is 0 Å². The lowest BCUT2D eigenvalue weighted by Crippen LogP contribution is -2.24. The summed E-state index contributed by atoms with van der Waals surface area (Å²) < 4.78 is 5.75. The molecule has 1 atom stereocenters. The van der Waals surface area contributed by atoms with Crippen molar-refractivity contribution < 1.29 is 4.74 Å². The van der Waals surface area contributed by atoms with Crippen LogP contribution >= 0.6 is 0 Å². The minimum absolute atomic E-state index is 0.588. The van der Waals surface area contributed by atoms with Crippen molar-refractivity contribution in [3.05, 3.63) is 77.2 Å². The number of allylic oxidation sites excluding steroid dienone is 4. The van der Waals surface area contributed by atoms with Crippen LogP contribution in [0.15, 0.2) is 71.7 Å². The highest BCUT2D eigenvalue weighted by atomic mass is 16.5. The Morgan fingerprint density at radius 2 is 1.97 bits per heavy atom. The predicted octanol–water partition coefficient (Wildman–Crippen LogP) is 6.61. The third kappa shape index (κ3) is 8.96. The first-order chi connectivity index (χ1) is 15.4. The van der Waals surface area contributed by atoms with Crippen LogP contribution in [0.3, 0.4) is 0 Å². The fourth-order valence-corrected chi connectivity index (χ4v) is 3.83. The Kier molecular flexibility index (Phi) is 13.2. The number of methoxy groups -OCH3 is 1. The molecule has 1 aromatic carbocycles. The molecular formula is C28H45N3O. The van der Waals surface area contributed by atoms with E-state index in [9.17, 15) is 0 Å². The van der Waals surface area contributed by atoms with Crippen molar-refractivity contribution in [1.29, 1.82) is 0 Å². The van der Waals surface area contributed by atoms with Gasteiger partial charge in [0.2, 0.25) is 0 Å². The molecule has 1 aliphatic rings. The Bertz CT molecular complexity index is 792. The zero-order valence-electron chi connectivity index (χ0n) is 21.2. The number of hydrogen-bond acceptors (Lipinski definition) is 4. The monoisotopic (exact) mass is 439 g/mol. The van der Waals surface area contributed by atoms with Crippen molar-refractivity contribution >= 4 is 5.69 Å². The summed E-state index contributed by atoms with van der Waals surface area (Å²) in [5.41, 5.74) is 11.8. The number of hydrogen-bond donors (Lipinski definition) is 2. The molecule has 4 nitrogen and oxygen atoms in total. The second-order valence-electron chi connectivity index (χ2n) is 8.52. The standard InChI is InChI=1S/C25H37N3O.C3H8/c1-6-19(2)21(10-9-14-26)16-25(29-5)20(3)18-28(4)15-13-22-17-27-24-12-8-7-11-23(22)24;1-3-2/h7-12,14,22,27H,2,6,13,15-18,26H2,1,3-5H3;3H2,1-2H3/b14-9-,21-10+,25-20-;. The zero-order chi connectivity index (χ0) is 23.9. The number of rotatable bonds is 11. The molecule has 0 saturated carbocycles. The maximum atomic E-state index is 5.75. The maximum absolute atomic E-state index is 5.75. The van der Waals surface area contributed by atoms with Gasteiger partial charge in [-0.3, -0.25) is 0 Å². The molecule has 2 rings (SSSR count). The largest absolute Gasteiger partial charge is 0.501 e. The molecule has 0 spiro atoms. The summed E-state index contributed by atoms with van der Waals surface area (Å²) in [5.74, 6) is 1.60. The summed E-state index contributed by atoms with van der Waals surface area (Å²) in [7, 11) is 3.94. The smallest absolute Gasteiger partial charge is 0.100 e. The van der Waals surface area contributed by atoms with Gasteiger partial charge in [0.25, 0.3) is 0 Å². The van der Waals surface area contributed by atoms with Gasteiger partial charge < -0.3 is 20.7 Å². The average molecular weight is 440 g/mol. The molecule has 1 unspecified atom stereocenters. The van der Waals surface area contributed by atoms with Crippen LogP contribution in [0.2, 0.25) is 0 Å². The molecule has 0 bridgehead atoms. The first-order valence-electron chi connectivity index (χ1n) is 11.9. The lowest BCUT2D eigenvalue weighted by atomic mass is 9.97. The van der Waals surface area contributed by atoms with E-state index in [-0.39, 0.29) is 0 Å². The topological polar surface area (TPSA) is 50.5 Å². The van der Waals surface area contributed by atoms with Crippen LogP contribution in [0.1, 0.15) is 64.9 Å². The first kappa shape index (κ1) is 27.6. The summed E-state index contributed by atoms with van der Waals surface area (Å²) in [6.45, 7) is 15.7. The Hall–Kier alpha value is -2.46. The molecule has 1 heterocycles. The van der Waals surface area contributed by atoms with Crippen molar-refractivity contribution in [3.63, 3.8) is 0 Å². The number of para-hydroxylation sites is 1. The zero-order valence-corrected chi connectivity index (χ0v) is 21.2. The quantitative estimate of drug-likeness (QED) is 0.301. The SMILES string of the molecule is C=C(CC)/C(=C/C=C\N)C/C(OC)=C(\C)CN(C)CCC1CNc2ccccc21.CCC. The minimum Gasteiger partial charge on any atom is -0.501 e. The van der Waals surface area contributed by atoms with Crippen LogP contribution in [0.4, 0.5) is 5.69 Å². The molecule has 178 valence electrons. The van der Waals surface area contributed by atoms with Crippen molar-refractivity contribution in [2.24, 2.45) is 5.73 Å². The van der Waals surface area contributed by atoms with Crippen LogP contribution in [-0.2, 0) is 4.74 Å². The number of nitrogens with one attached hydrogen (secondary N) is 1. The summed E-state index contributed by atoms with van der Waals surface area (Å²) in [5, 5.41) is 3.52. The second-order valence-corrected chi connectivity index (χ2v) is 8.52. The number of benzene rings is 1. The number of likely N-dealkylation sites (N-methyl/N-ethyl adjacent to an activating group) is 1. The number of anilines is 1. The molecule has 1 aromatic rings. The van der Waals surface area contributed by atoms with Gasteiger partial charge in [-0.15, -0.1) is 0 Å². The van der Waals surface area contributed by atoms with Gasteiger partial charge >= 0.3 is 0 Å². The number of nitrogens with zero attached hydrogens (tertiary/aromatic N) is 1. The van der Waals surface area contributed by atoms with Crippen molar-refractivity contribution in [1.82, 2.24) is 4.90 Å². The van der Waals surface area contributed by atoms with Crippen LogP contribution in [0.5, 0.6) is 0 Å². The normalized spacial score (nSPS) is 16.2. The van der Waals surface area contributed by atoms with Gasteiger partial charge in [-0.05, 0) is 68.4 Å². The molecule has 0 aromatic heterocycles. The van der Waals surface area contributed by atoms with Crippen molar-refractivity contribution in [2.45, 2.75) is 59.3 Å². The lowest BCUT2D eigenvalue weighted by Gasteiger charge is -2.21. The molecule has 0 amide bonds. The summed E-state index contributed by atoms with van der Waals surface area (Å²) in [6, 6.07) is 8.65. The van der Waals surface area contributed by atoms with Gasteiger partial charge in [-0.1, -0.05) is 63.6 Å². The molecule has 1 aliphatic heterocycles. The van der Waals surface area contributed by atoms with Gasteiger partial charge in [0.05, 0.1) is 7.11 Å². The fraction of sp³-hybridized carbons (Fsp3) is 0.500. The summed E-state index contributed by atoms with van der Waals surface area (Å²) >= 11 is 0. The van der Waals surface area contributed by atoms with Crippen LogP contribution in [-0.4, -0.2) is 38.7 Å². The third-order valence-electron chi connectivity index (χ3n) is 5.67. The van der Waals surface area contributed by atoms with Gasteiger partial charge in [0.1, 0.15) is 5.76 Å². The fourth-order valence-electron chi connectivity index (χ4n) is 3.83. The maximum Gasteiger partial charge on any atom is 0.100 e. The molecule has 3 N–H and O–H groups in total. The van der Waals surface area contributed by atoms with E-state index in [1.54, 1.807) is 13.3 Å². The van der Waals surface area contributed by atoms with E-state index < -0.39 is 0 Å². The Morgan fingerprint density at radius 3 is 2.59 bits per heavy atom. The minimum atomic E-state index is 0.588. The van der Waals surface area contributed by atoms with E-state index in [1.165, 1.54) is 28.8 Å². The number of fused-ring (bicyclic) bond motifs is 1. The molecule has 4 heteroatoms. The van der Waals surface area contributed by atoms with E-state index in [4.69, 9.17) is 10.5 Å². The van der Waals surface area contributed by atoms with E-state index >= 15 is 0 Å². The highest BCUT2D eigenvalue weighted by Gasteiger charge is 2.21. The third-order valence-corrected chi connectivity index (χ3v) is 5.67. The lowest BCUT2D eigenvalue weighted by molar-refractivity contribution is 0.268. The summed E-state index contributed by atoms with van der Waals surface area (Å²) in [4.78, 5) is 2.38. The van der Waals surface area contributed by atoms with Crippen molar-refractivity contribution in [3.8, 4) is 0 Å². The number of nitrogens with two attached hydrogens (primary N) is 1. The first-order valence-corrected chi connectivity index (χ1v) is 11.9. The summed E-state index contributed by atoms with van der Waals surface area (Å²) in [6.07, 6.45) is 9.50. The van der Waals surface area contributed by atoms with E-state index in [1.807, 2.05) is 12.2 Å². The van der Waals surface area contributed by atoms with Gasteiger partial charge in [0.15, 0.2) is 0 Å². The number of ether oxygens (including phenoxy) is 1. The average Bonchev–Trinajstić information content (AvgIpc) is 3.21. The molecule has 0 saturated heterocycles. The Balaban J connectivity index is 0.00000161. The molecule has 0 radical (unpaired) electrons. The molecular weight excluding hydrogens is 394 g/mol. The van der Waals surface area contributed by atoms with E-state index in [2.05, 4.69) is 75.8 Å². The predicted molar refractivity (Wildman–Crippen MR) is 141 cm³/mol. The highest BCUT2D eigenvalue weighted by Crippen LogP contribution is 2.33. The molecule has 0 aliphatic carbocycles. The van der Waals surface area contributed by atoms with E-state index in [0.717, 1.165) is 50.2 Å². The molecule has 0 fully saturated rings. The van der Waals surface area contributed by atoms with E-state index in [0.29, 0.717) is 5.92 Å².